The first-order chi connectivity index (χ1) is 16.2. The Kier molecular flexibility index (Phi) is 8.11. The van der Waals surface area contributed by atoms with Gasteiger partial charge in [0.15, 0.2) is 0 Å². The number of carbonyl (C=O) groups excluding carboxylic acids is 1. The largest absolute Gasteiger partial charge is 0.494 e. The fourth-order valence-electron chi connectivity index (χ4n) is 3.96. The highest BCUT2D eigenvalue weighted by atomic mass is 16.6. The number of carbonyl (C=O) groups is 1. The van der Waals surface area contributed by atoms with Crippen molar-refractivity contribution < 1.29 is 18.7 Å². The Balaban J connectivity index is 1.19. The van der Waals surface area contributed by atoms with Crippen LogP contribution in [-0.4, -0.2) is 48.3 Å². The van der Waals surface area contributed by atoms with Crippen molar-refractivity contribution in [2.75, 3.05) is 26.4 Å². The van der Waals surface area contributed by atoms with Gasteiger partial charge in [-0.15, -0.1) is 0 Å². The number of ether oxygens (including phenoxy) is 2. The van der Waals surface area contributed by atoms with Crippen LogP contribution in [0.15, 0.2) is 65.2 Å². The molecule has 1 N–H and O–H groups in total. The minimum absolute atomic E-state index is 0.0722. The monoisotopic (exact) mass is 449 g/mol. The number of benzene rings is 2. The first kappa shape index (κ1) is 23.0. The van der Waals surface area contributed by atoms with E-state index in [1.807, 2.05) is 54.6 Å². The Hall–Kier alpha value is -3.16. The van der Waals surface area contributed by atoms with E-state index in [9.17, 15) is 4.79 Å². The van der Waals surface area contributed by atoms with E-state index in [1.165, 1.54) is 25.6 Å². The highest BCUT2D eigenvalue weighted by Gasteiger charge is 2.19. The number of rotatable bonds is 11. The van der Waals surface area contributed by atoms with Gasteiger partial charge in [-0.1, -0.05) is 30.3 Å². The van der Waals surface area contributed by atoms with Gasteiger partial charge in [0.25, 0.3) is 0 Å². The number of hydrogen-bond acceptors (Lipinski definition) is 7. The molecule has 174 valence electrons. The SMILES string of the molecule is CC1CCCN1CCCOc1ccc(-c2ncc(C(=O)OCNCc3ccccc3)o2)cc1. The van der Waals surface area contributed by atoms with Crippen molar-refractivity contribution in [3.63, 3.8) is 0 Å². The number of esters is 1. The zero-order valence-corrected chi connectivity index (χ0v) is 19.0. The summed E-state index contributed by atoms with van der Waals surface area (Å²) >= 11 is 0. The highest BCUT2D eigenvalue weighted by Crippen LogP contribution is 2.23. The minimum Gasteiger partial charge on any atom is -0.494 e. The third-order valence-corrected chi connectivity index (χ3v) is 5.83. The molecule has 7 nitrogen and oxygen atoms in total. The Morgan fingerprint density at radius 1 is 1.18 bits per heavy atom. The Morgan fingerprint density at radius 3 is 2.76 bits per heavy atom. The molecule has 3 aromatic rings. The third-order valence-electron chi connectivity index (χ3n) is 5.83. The first-order valence-corrected chi connectivity index (χ1v) is 11.5. The van der Waals surface area contributed by atoms with Crippen molar-refractivity contribution in [1.82, 2.24) is 15.2 Å². The van der Waals surface area contributed by atoms with Crippen LogP contribution in [0.25, 0.3) is 11.5 Å². The van der Waals surface area contributed by atoms with Crippen LogP contribution in [0.5, 0.6) is 5.75 Å². The van der Waals surface area contributed by atoms with Crippen LogP contribution in [0.4, 0.5) is 0 Å². The van der Waals surface area contributed by atoms with E-state index in [0.29, 0.717) is 25.1 Å². The maximum Gasteiger partial charge on any atom is 0.377 e. The molecule has 1 unspecified atom stereocenters. The molecule has 1 fully saturated rings. The van der Waals surface area contributed by atoms with E-state index in [2.05, 4.69) is 22.1 Å². The van der Waals surface area contributed by atoms with Gasteiger partial charge in [0.2, 0.25) is 11.7 Å². The smallest absolute Gasteiger partial charge is 0.377 e. The highest BCUT2D eigenvalue weighted by molar-refractivity contribution is 5.86. The van der Waals surface area contributed by atoms with Gasteiger partial charge in [0.05, 0.1) is 12.8 Å². The van der Waals surface area contributed by atoms with E-state index in [-0.39, 0.29) is 12.5 Å². The molecule has 2 heterocycles. The van der Waals surface area contributed by atoms with Crippen molar-refractivity contribution in [3.8, 4) is 17.2 Å². The molecule has 0 radical (unpaired) electrons. The summed E-state index contributed by atoms with van der Waals surface area (Å²) < 4.78 is 16.7. The number of hydrogen-bond donors (Lipinski definition) is 1. The molecule has 0 spiro atoms. The normalized spacial score (nSPS) is 16.1. The number of likely N-dealkylation sites (tertiary alicyclic amines) is 1. The zero-order valence-electron chi connectivity index (χ0n) is 19.0. The van der Waals surface area contributed by atoms with Gasteiger partial charge in [-0.05, 0) is 62.6 Å². The summed E-state index contributed by atoms with van der Waals surface area (Å²) in [5.41, 5.74) is 1.89. The quantitative estimate of drug-likeness (QED) is 0.262. The first-order valence-electron chi connectivity index (χ1n) is 11.5. The summed E-state index contributed by atoms with van der Waals surface area (Å²) in [5, 5.41) is 3.06. The molecular weight excluding hydrogens is 418 g/mol. The van der Waals surface area contributed by atoms with Gasteiger partial charge >= 0.3 is 5.97 Å². The molecule has 2 aromatic carbocycles. The predicted molar refractivity (Wildman–Crippen MR) is 126 cm³/mol. The standard InChI is InChI=1S/C26H31N3O4/c1-20-7-5-14-29(20)15-6-16-31-23-12-10-22(11-13-23)25-28-18-24(33-25)26(30)32-19-27-17-21-8-3-2-4-9-21/h2-4,8-13,18,20,27H,5-7,14-17,19H2,1H3. The molecular formula is C26H31N3O4. The second-order valence-corrected chi connectivity index (χ2v) is 8.27. The second kappa shape index (κ2) is 11.6. The van der Waals surface area contributed by atoms with E-state index in [4.69, 9.17) is 13.9 Å². The lowest BCUT2D eigenvalue weighted by Crippen LogP contribution is -2.28. The molecule has 1 aliphatic rings. The summed E-state index contributed by atoms with van der Waals surface area (Å²) in [6, 6.07) is 18.1. The van der Waals surface area contributed by atoms with Gasteiger partial charge in [0, 0.05) is 24.7 Å². The average molecular weight is 450 g/mol. The Labute approximate surface area is 194 Å². The predicted octanol–water partition coefficient (Wildman–Crippen LogP) is 4.50. The molecule has 7 heteroatoms. The lowest BCUT2D eigenvalue weighted by Gasteiger charge is -2.20. The molecule has 0 aliphatic carbocycles. The number of nitrogens with zero attached hydrogens (tertiary/aromatic N) is 2. The van der Waals surface area contributed by atoms with Crippen LogP contribution in [0.3, 0.4) is 0 Å². The van der Waals surface area contributed by atoms with Gasteiger partial charge in [-0.3, -0.25) is 5.32 Å². The van der Waals surface area contributed by atoms with Crippen molar-refractivity contribution in [2.45, 2.75) is 38.8 Å². The maximum atomic E-state index is 12.2. The molecule has 33 heavy (non-hydrogen) atoms. The molecule has 0 amide bonds. The Bertz CT molecular complexity index is 1000. The Morgan fingerprint density at radius 2 is 2.00 bits per heavy atom. The molecule has 4 rings (SSSR count). The lowest BCUT2D eigenvalue weighted by atomic mass is 10.2. The van der Waals surface area contributed by atoms with E-state index < -0.39 is 5.97 Å². The van der Waals surface area contributed by atoms with Gasteiger partial charge in [-0.2, -0.15) is 0 Å². The number of aromatic nitrogens is 1. The number of nitrogens with one attached hydrogen (secondary N) is 1. The van der Waals surface area contributed by atoms with Crippen molar-refractivity contribution in [2.24, 2.45) is 0 Å². The van der Waals surface area contributed by atoms with Crippen LogP contribution < -0.4 is 10.1 Å². The number of oxazole rings is 1. The van der Waals surface area contributed by atoms with Crippen molar-refractivity contribution in [1.29, 1.82) is 0 Å². The molecule has 1 aromatic heterocycles. The average Bonchev–Trinajstić information content (AvgIpc) is 3.50. The van der Waals surface area contributed by atoms with E-state index in [1.54, 1.807) is 0 Å². The van der Waals surface area contributed by atoms with Crippen LogP contribution in [-0.2, 0) is 11.3 Å². The van der Waals surface area contributed by atoms with Crippen molar-refractivity contribution in [3.05, 3.63) is 72.1 Å². The summed E-state index contributed by atoms with van der Waals surface area (Å²) in [5.74, 6) is 0.697. The zero-order chi connectivity index (χ0) is 22.9. The van der Waals surface area contributed by atoms with Gasteiger partial charge < -0.3 is 18.8 Å². The molecule has 1 aliphatic heterocycles. The van der Waals surface area contributed by atoms with Gasteiger partial charge in [0.1, 0.15) is 12.5 Å². The topological polar surface area (TPSA) is 76.8 Å². The minimum atomic E-state index is -0.554. The summed E-state index contributed by atoms with van der Waals surface area (Å²) in [7, 11) is 0. The molecule has 1 saturated heterocycles. The summed E-state index contributed by atoms with van der Waals surface area (Å²) in [4.78, 5) is 18.9. The summed E-state index contributed by atoms with van der Waals surface area (Å²) in [6.45, 7) is 5.97. The van der Waals surface area contributed by atoms with Crippen LogP contribution >= 0.6 is 0 Å². The fourth-order valence-corrected chi connectivity index (χ4v) is 3.96. The van der Waals surface area contributed by atoms with Crippen LogP contribution in [0.2, 0.25) is 0 Å². The van der Waals surface area contributed by atoms with E-state index >= 15 is 0 Å². The van der Waals surface area contributed by atoms with Crippen molar-refractivity contribution >= 4 is 5.97 Å². The van der Waals surface area contributed by atoms with Crippen LogP contribution in [0, 0.1) is 0 Å². The fraction of sp³-hybridized carbons (Fsp3) is 0.385. The second-order valence-electron chi connectivity index (χ2n) is 8.27. The van der Waals surface area contributed by atoms with Gasteiger partial charge in [-0.25, -0.2) is 9.78 Å². The maximum absolute atomic E-state index is 12.2. The van der Waals surface area contributed by atoms with Crippen LogP contribution in [0.1, 0.15) is 42.3 Å². The molecule has 1 atom stereocenters. The molecule has 0 bridgehead atoms. The summed E-state index contributed by atoms with van der Waals surface area (Å²) in [6.07, 6.45) is 5.00. The lowest BCUT2D eigenvalue weighted by molar-refractivity contribution is 0.0435. The molecule has 0 saturated carbocycles. The third kappa shape index (κ3) is 6.66. The van der Waals surface area contributed by atoms with E-state index in [0.717, 1.165) is 29.8 Å².